The average molecular weight is 427 g/mol. The lowest BCUT2D eigenvalue weighted by Crippen LogP contribution is -2.43. The standard InChI is InChI=1S/C22H28F3NO4/c1-2-29-21-17(7-4-12-27)18(14-8-10-15(11-9-14)22(23,24)25)13-19(30-21)20(28)26-16-5-3-6-16/h8-11,13,16-18,21,27H,2-7,12H2,1H3,(H,26,28)/t17-,18-,21-/m1/s1. The minimum absolute atomic E-state index is 0.0200. The highest BCUT2D eigenvalue weighted by Crippen LogP contribution is 2.40. The van der Waals surface area contributed by atoms with Crippen LogP contribution in [0.2, 0.25) is 0 Å². The molecule has 3 atom stereocenters. The Hall–Kier alpha value is -2.06. The number of halogens is 3. The summed E-state index contributed by atoms with van der Waals surface area (Å²) in [6.07, 6.45) is 0.499. The van der Waals surface area contributed by atoms with E-state index in [1.807, 2.05) is 6.92 Å². The first kappa shape index (κ1) is 22.6. The number of amides is 1. The summed E-state index contributed by atoms with van der Waals surface area (Å²) < 4.78 is 50.5. The Morgan fingerprint density at radius 3 is 2.50 bits per heavy atom. The molecule has 30 heavy (non-hydrogen) atoms. The zero-order valence-electron chi connectivity index (χ0n) is 17.0. The van der Waals surface area contributed by atoms with Gasteiger partial charge in [0, 0.05) is 31.1 Å². The maximum atomic E-state index is 13.0. The first-order chi connectivity index (χ1) is 14.3. The average Bonchev–Trinajstić information content (AvgIpc) is 2.68. The fraction of sp³-hybridized carbons (Fsp3) is 0.591. The van der Waals surface area contributed by atoms with Crippen molar-refractivity contribution in [1.82, 2.24) is 5.32 Å². The van der Waals surface area contributed by atoms with Gasteiger partial charge in [-0.3, -0.25) is 4.79 Å². The van der Waals surface area contributed by atoms with Crippen LogP contribution < -0.4 is 5.32 Å². The maximum Gasteiger partial charge on any atom is 0.416 e. The molecule has 1 aliphatic heterocycles. The van der Waals surface area contributed by atoms with Crippen LogP contribution in [0.1, 0.15) is 56.1 Å². The summed E-state index contributed by atoms with van der Waals surface area (Å²) in [5.74, 6) is -0.812. The topological polar surface area (TPSA) is 67.8 Å². The van der Waals surface area contributed by atoms with E-state index in [0.29, 0.717) is 25.0 Å². The molecule has 1 saturated carbocycles. The fourth-order valence-corrected chi connectivity index (χ4v) is 3.85. The third-order valence-corrected chi connectivity index (χ3v) is 5.70. The first-order valence-corrected chi connectivity index (χ1v) is 10.4. The van der Waals surface area contributed by atoms with Crippen LogP contribution in [0.25, 0.3) is 0 Å². The Kier molecular flexibility index (Phi) is 7.41. The highest BCUT2D eigenvalue weighted by molar-refractivity contribution is 5.92. The van der Waals surface area contributed by atoms with E-state index in [9.17, 15) is 23.1 Å². The number of hydrogen-bond acceptors (Lipinski definition) is 4. The highest BCUT2D eigenvalue weighted by Gasteiger charge is 2.39. The summed E-state index contributed by atoms with van der Waals surface area (Å²) in [6.45, 7) is 2.15. The minimum atomic E-state index is -4.41. The molecule has 1 aromatic carbocycles. The Balaban J connectivity index is 1.91. The zero-order chi connectivity index (χ0) is 21.7. The molecule has 166 valence electrons. The van der Waals surface area contributed by atoms with Crippen LogP contribution >= 0.6 is 0 Å². The van der Waals surface area contributed by atoms with Gasteiger partial charge in [-0.2, -0.15) is 13.2 Å². The molecule has 1 aromatic rings. The Morgan fingerprint density at radius 2 is 1.97 bits per heavy atom. The monoisotopic (exact) mass is 427 g/mol. The molecule has 2 N–H and O–H groups in total. The summed E-state index contributed by atoms with van der Waals surface area (Å²) in [5.41, 5.74) is -0.0774. The number of alkyl halides is 3. The lowest BCUT2D eigenvalue weighted by atomic mass is 9.80. The van der Waals surface area contributed by atoms with Gasteiger partial charge in [-0.15, -0.1) is 0 Å². The summed E-state index contributed by atoms with van der Waals surface area (Å²) in [6, 6.07) is 5.10. The second kappa shape index (κ2) is 9.83. The summed E-state index contributed by atoms with van der Waals surface area (Å²) in [7, 11) is 0. The number of nitrogens with one attached hydrogen (secondary N) is 1. The van der Waals surface area contributed by atoms with Crippen molar-refractivity contribution < 1.29 is 32.5 Å². The molecule has 0 bridgehead atoms. The fourth-order valence-electron chi connectivity index (χ4n) is 3.85. The van der Waals surface area contributed by atoms with Crippen molar-refractivity contribution in [3.63, 3.8) is 0 Å². The molecular formula is C22H28F3NO4. The van der Waals surface area contributed by atoms with Crippen LogP contribution in [0, 0.1) is 5.92 Å². The van der Waals surface area contributed by atoms with Crippen molar-refractivity contribution in [1.29, 1.82) is 0 Å². The van der Waals surface area contributed by atoms with E-state index in [0.717, 1.165) is 31.4 Å². The SMILES string of the molecule is CCO[C@@H]1OC(C(=O)NC2CCC2)=C[C@H](c2ccc(C(F)(F)F)cc2)[C@H]1CCCO. The lowest BCUT2D eigenvalue weighted by Gasteiger charge is -2.37. The summed E-state index contributed by atoms with van der Waals surface area (Å²) >= 11 is 0. The van der Waals surface area contributed by atoms with Crippen molar-refractivity contribution in [2.45, 2.75) is 63.5 Å². The molecule has 0 saturated heterocycles. The predicted octanol–water partition coefficient (Wildman–Crippen LogP) is 4.12. The number of allylic oxidation sites excluding steroid dienone is 1. The second-order valence-corrected chi connectivity index (χ2v) is 7.75. The number of carbonyl (C=O) groups excluding carboxylic acids is 1. The van der Waals surface area contributed by atoms with E-state index in [1.54, 1.807) is 6.08 Å². The van der Waals surface area contributed by atoms with Gasteiger partial charge in [0.1, 0.15) is 0 Å². The van der Waals surface area contributed by atoms with E-state index in [4.69, 9.17) is 9.47 Å². The van der Waals surface area contributed by atoms with Gasteiger partial charge in [0.15, 0.2) is 5.76 Å². The Labute approximate surface area is 174 Å². The zero-order valence-corrected chi connectivity index (χ0v) is 17.0. The summed E-state index contributed by atoms with van der Waals surface area (Å²) in [5, 5.41) is 12.2. The van der Waals surface area contributed by atoms with Gasteiger partial charge in [0.05, 0.1) is 5.56 Å². The van der Waals surface area contributed by atoms with Crippen molar-refractivity contribution in [2.24, 2.45) is 5.92 Å². The quantitative estimate of drug-likeness (QED) is 0.655. The van der Waals surface area contributed by atoms with Gasteiger partial charge in [-0.25, -0.2) is 0 Å². The number of carbonyl (C=O) groups is 1. The minimum Gasteiger partial charge on any atom is -0.459 e. The molecule has 1 fully saturated rings. The van der Waals surface area contributed by atoms with Crippen molar-refractivity contribution in [3.8, 4) is 0 Å². The van der Waals surface area contributed by atoms with E-state index in [2.05, 4.69) is 5.32 Å². The number of aliphatic hydroxyl groups is 1. The smallest absolute Gasteiger partial charge is 0.416 e. The van der Waals surface area contributed by atoms with E-state index in [1.165, 1.54) is 12.1 Å². The van der Waals surface area contributed by atoms with Gasteiger partial charge >= 0.3 is 6.18 Å². The maximum absolute atomic E-state index is 13.0. The Bertz CT molecular complexity index is 744. The Morgan fingerprint density at radius 1 is 1.27 bits per heavy atom. The molecule has 1 aliphatic carbocycles. The number of hydrogen-bond donors (Lipinski definition) is 2. The molecule has 1 amide bonds. The predicted molar refractivity (Wildman–Crippen MR) is 104 cm³/mol. The molecule has 8 heteroatoms. The normalized spacial score (nSPS) is 24.6. The molecule has 1 heterocycles. The molecule has 0 radical (unpaired) electrons. The molecule has 0 spiro atoms. The van der Waals surface area contributed by atoms with Gasteiger partial charge < -0.3 is 19.9 Å². The van der Waals surface area contributed by atoms with Crippen LogP contribution in [0.4, 0.5) is 13.2 Å². The molecule has 0 aromatic heterocycles. The number of aliphatic hydroxyl groups excluding tert-OH is 1. The van der Waals surface area contributed by atoms with Crippen LogP contribution in [-0.2, 0) is 20.4 Å². The molecular weight excluding hydrogens is 399 g/mol. The molecule has 0 unspecified atom stereocenters. The second-order valence-electron chi connectivity index (χ2n) is 7.75. The third-order valence-electron chi connectivity index (χ3n) is 5.70. The lowest BCUT2D eigenvalue weighted by molar-refractivity contribution is -0.167. The van der Waals surface area contributed by atoms with Crippen molar-refractivity contribution in [3.05, 3.63) is 47.2 Å². The number of rotatable bonds is 8. The largest absolute Gasteiger partial charge is 0.459 e. The first-order valence-electron chi connectivity index (χ1n) is 10.4. The van der Waals surface area contributed by atoms with Gasteiger partial charge in [0.2, 0.25) is 6.29 Å². The van der Waals surface area contributed by atoms with Gasteiger partial charge in [-0.05, 0) is 62.8 Å². The molecule has 2 aliphatic rings. The van der Waals surface area contributed by atoms with Crippen LogP contribution in [0.15, 0.2) is 36.1 Å². The molecule has 5 nitrogen and oxygen atoms in total. The van der Waals surface area contributed by atoms with E-state index >= 15 is 0 Å². The van der Waals surface area contributed by atoms with Crippen molar-refractivity contribution in [2.75, 3.05) is 13.2 Å². The number of ether oxygens (including phenoxy) is 2. The van der Waals surface area contributed by atoms with Crippen LogP contribution in [0.3, 0.4) is 0 Å². The third kappa shape index (κ3) is 5.35. The van der Waals surface area contributed by atoms with E-state index < -0.39 is 18.0 Å². The van der Waals surface area contributed by atoms with E-state index in [-0.39, 0.29) is 36.2 Å². The molecule has 3 rings (SSSR count). The van der Waals surface area contributed by atoms with Gasteiger partial charge in [0.25, 0.3) is 5.91 Å². The van der Waals surface area contributed by atoms with Crippen LogP contribution in [0.5, 0.6) is 0 Å². The number of benzene rings is 1. The summed E-state index contributed by atoms with van der Waals surface area (Å²) in [4.78, 5) is 12.7. The van der Waals surface area contributed by atoms with Gasteiger partial charge in [-0.1, -0.05) is 12.1 Å². The highest BCUT2D eigenvalue weighted by atomic mass is 19.4. The van der Waals surface area contributed by atoms with Crippen LogP contribution in [-0.4, -0.2) is 36.6 Å². The van der Waals surface area contributed by atoms with Crippen molar-refractivity contribution >= 4 is 5.91 Å².